The van der Waals surface area contributed by atoms with Crippen molar-refractivity contribution in [2.45, 2.75) is 65.3 Å². The Kier molecular flexibility index (Phi) is 5.00. The highest BCUT2D eigenvalue weighted by atomic mass is 14.9. The summed E-state index contributed by atoms with van der Waals surface area (Å²) < 4.78 is 0. The molecule has 0 spiro atoms. The van der Waals surface area contributed by atoms with E-state index in [9.17, 15) is 5.26 Å². The van der Waals surface area contributed by atoms with E-state index in [4.69, 9.17) is 0 Å². The largest absolute Gasteiger partial charge is 0.381 e. The Morgan fingerprint density at radius 2 is 2.05 bits per heavy atom. The quantitative estimate of drug-likeness (QED) is 0.886. The molecule has 0 aromatic carbocycles. The van der Waals surface area contributed by atoms with Gasteiger partial charge in [-0.25, -0.2) is 0 Å². The van der Waals surface area contributed by atoms with Gasteiger partial charge in [0, 0.05) is 11.7 Å². The van der Waals surface area contributed by atoms with Crippen molar-refractivity contribution in [3.8, 4) is 6.07 Å². The van der Waals surface area contributed by atoms with E-state index >= 15 is 0 Å². The Bertz CT molecular complexity index is 496. The van der Waals surface area contributed by atoms with Crippen molar-refractivity contribution in [2.75, 3.05) is 5.32 Å². The highest BCUT2D eigenvalue weighted by Crippen LogP contribution is 2.30. The lowest BCUT2D eigenvalue weighted by Gasteiger charge is -2.31. The molecule has 0 saturated heterocycles. The van der Waals surface area contributed by atoms with Gasteiger partial charge in [0.1, 0.15) is 6.07 Å². The average Bonchev–Trinajstić information content (AvgIpc) is 2.45. The van der Waals surface area contributed by atoms with Crippen molar-refractivity contribution in [3.63, 3.8) is 0 Å². The Morgan fingerprint density at radius 3 is 2.65 bits per heavy atom. The van der Waals surface area contributed by atoms with Gasteiger partial charge in [-0.1, -0.05) is 26.2 Å². The lowest BCUT2D eigenvalue weighted by atomic mass is 9.82. The van der Waals surface area contributed by atoms with Crippen molar-refractivity contribution >= 4 is 5.69 Å². The summed E-state index contributed by atoms with van der Waals surface area (Å²) in [6.07, 6.45) is 7.82. The first-order chi connectivity index (χ1) is 9.65. The summed E-state index contributed by atoms with van der Waals surface area (Å²) in [5, 5.41) is 13.0. The van der Waals surface area contributed by atoms with Crippen LogP contribution in [0.3, 0.4) is 0 Å². The number of rotatable bonds is 4. The van der Waals surface area contributed by atoms with Crippen LogP contribution in [0.2, 0.25) is 0 Å². The summed E-state index contributed by atoms with van der Waals surface area (Å²) >= 11 is 0. The molecule has 1 aromatic heterocycles. The van der Waals surface area contributed by atoms with Gasteiger partial charge in [0.25, 0.3) is 0 Å². The number of pyridine rings is 1. The maximum absolute atomic E-state index is 9.36. The highest BCUT2D eigenvalue weighted by Gasteiger charge is 2.23. The molecule has 3 heteroatoms. The van der Waals surface area contributed by atoms with Gasteiger partial charge in [-0.15, -0.1) is 0 Å². The molecule has 1 saturated carbocycles. The minimum Gasteiger partial charge on any atom is -0.381 e. The summed E-state index contributed by atoms with van der Waals surface area (Å²) in [7, 11) is 0. The smallest absolute Gasteiger partial charge is 0.103 e. The third-order valence-electron chi connectivity index (χ3n) is 4.44. The molecule has 0 bridgehead atoms. The van der Waals surface area contributed by atoms with Crippen LogP contribution in [0, 0.1) is 31.1 Å². The monoisotopic (exact) mass is 271 g/mol. The Morgan fingerprint density at radius 1 is 1.35 bits per heavy atom. The number of aromatic nitrogens is 1. The molecule has 3 nitrogen and oxygen atoms in total. The summed E-state index contributed by atoms with van der Waals surface area (Å²) in [5.41, 5.74) is 3.47. The van der Waals surface area contributed by atoms with E-state index < -0.39 is 0 Å². The summed E-state index contributed by atoms with van der Waals surface area (Å²) in [6.45, 7) is 6.14. The van der Waals surface area contributed by atoms with Crippen LogP contribution in [0.5, 0.6) is 0 Å². The zero-order chi connectivity index (χ0) is 14.5. The minimum absolute atomic E-state index is 0.476. The predicted octanol–water partition coefficient (Wildman–Crippen LogP) is 4.34. The van der Waals surface area contributed by atoms with Gasteiger partial charge in [0.2, 0.25) is 0 Å². The van der Waals surface area contributed by atoms with Gasteiger partial charge in [-0.3, -0.25) is 4.98 Å². The van der Waals surface area contributed by atoms with Crippen LogP contribution < -0.4 is 5.32 Å². The molecule has 2 rings (SSSR count). The van der Waals surface area contributed by atoms with Gasteiger partial charge in [0.15, 0.2) is 0 Å². The Labute approximate surface area is 122 Å². The topological polar surface area (TPSA) is 48.7 Å². The second-order valence-electron chi connectivity index (χ2n) is 5.94. The van der Waals surface area contributed by atoms with Crippen LogP contribution in [0.4, 0.5) is 5.69 Å². The number of nitriles is 1. The van der Waals surface area contributed by atoms with Crippen molar-refractivity contribution in [1.29, 1.82) is 5.26 Å². The fourth-order valence-corrected chi connectivity index (χ4v) is 3.37. The Hall–Kier alpha value is -1.56. The average molecular weight is 271 g/mol. The summed E-state index contributed by atoms with van der Waals surface area (Å²) in [5.74, 6) is 0.745. The third-order valence-corrected chi connectivity index (χ3v) is 4.44. The number of nitrogens with one attached hydrogen (secondary N) is 1. The molecule has 1 atom stereocenters. The lowest BCUT2D eigenvalue weighted by molar-refractivity contribution is 0.313. The minimum atomic E-state index is 0.476. The van der Waals surface area contributed by atoms with Gasteiger partial charge in [-0.05, 0) is 45.1 Å². The Balaban J connectivity index is 2.20. The molecule has 0 radical (unpaired) electrons. The zero-order valence-electron chi connectivity index (χ0n) is 12.9. The van der Waals surface area contributed by atoms with Crippen molar-refractivity contribution in [1.82, 2.24) is 4.98 Å². The molecule has 1 unspecified atom stereocenters. The zero-order valence-corrected chi connectivity index (χ0v) is 12.9. The van der Waals surface area contributed by atoms with E-state index in [-0.39, 0.29) is 0 Å². The fourth-order valence-electron chi connectivity index (χ4n) is 3.37. The molecule has 1 fully saturated rings. The molecule has 20 heavy (non-hydrogen) atoms. The molecule has 1 N–H and O–H groups in total. The highest BCUT2D eigenvalue weighted by molar-refractivity contribution is 5.60. The van der Waals surface area contributed by atoms with Crippen LogP contribution in [-0.4, -0.2) is 11.0 Å². The second-order valence-corrected chi connectivity index (χ2v) is 5.94. The van der Waals surface area contributed by atoms with E-state index in [2.05, 4.69) is 23.3 Å². The molecular formula is C17H25N3. The van der Waals surface area contributed by atoms with E-state index in [0.29, 0.717) is 11.6 Å². The van der Waals surface area contributed by atoms with Crippen LogP contribution >= 0.6 is 0 Å². The molecule has 108 valence electrons. The molecular weight excluding hydrogens is 246 g/mol. The number of aryl methyl sites for hydroxylation is 2. The number of hydrogen-bond donors (Lipinski definition) is 1. The number of hydrogen-bond acceptors (Lipinski definition) is 3. The molecule has 1 heterocycles. The predicted molar refractivity (Wildman–Crippen MR) is 82.7 cm³/mol. The van der Waals surface area contributed by atoms with Crippen LogP contribution in [0.1, 0.15) is 62.4 Å². The van der Waals surface area contributed by atoms with E-state index in [0.717, 1.165) is 29.4 Å². The second kappa shape index (κ2) is 6.74. The van der Waals surface area contributed by atoms with Crippen LogP contribution in [0.25, 0.3) is 0 Å². The fraction of sp³-hybridized carbons (Fsp3) is 0.647. The van der Waals surface area contributed by atoms with Gasteiger partial charge >= 0.3 is 0 Å². The summed E-state index contributed by atoms with van der Waals surface area (Å²) in [6, 6.07) is 4.78. The molecule has 1 aromatic rings. The van der Waals surface area contributed by atoms with Gasteiger partial charge < -0.3 is 5.32 Å². The van der Waals surface area contributed by atoms with Crippen LogP contribution in [0.15, 0.2) is 6.07 Å². The van der Waals surface area contributed by atoms with Gasteiger partial charge in [-0.2, -0.15) is 5.26 Å². The van der Waals surface area contributed by atoms with Crippen molar-refractivity contribution in [3.05, 3.63) is 23.0 Å². The molecule has 1 aliphatic rings. The van der Waals surface area contributed by atoms with E-state index in [1.165, 1.54) is 32.1 Å². The number of nitrogens with zero attached hydrogens (tertiary/aromatic N) is 2. The first-order valence-electron chi connectivity index (χ1n) is 7.80. The van der Waals surface area contributed by atoms with E-state index in [1.54, 1.807) is 0 Å². The normalized spacial score (nSPS) is 17.5. The maximum atomic E-state index is 9.36. The van der Waals surface area contributed by atoms with Crippen molar-refractivity contribution < 1.29 is 0 Å². The molecule has 0 aliphatic heterocycles. The first kappa shape index (κ1) is 14.8. The molecule has 0 amide bonds. The lowest BCUT2D eigenvalue weighted by Crippen LogP contribution is -2.30. The maximum Gasteiger partial charge on any atom is 0.103 e. The van der Waals surface area contributed by atoms with Crippen molar-refractivity contribution in [2.24, 2.45) is 5.92 Å². The first-order valence-corrected chi connectivity index (χ1v) is 7.80. The standard InChI is InChI=1S/C17H25N3/c1-4-16(14-8-6-5-7-9-14)20-17-10-12(2)19-13(3)15(17)11-18/h10,14,16H,4-9H2,1-3H3,(H,19,20). The van der Waals surface area contributed by atoms with E-state index in [1.807, 2.05) is 19.9 Å². The molecule has 1 aliphatic carbocycles. The summed E-state index contributed by atoms with van der Waals surface area (Å²) in [4.78, 5) is 4.39. The van der Waals surface area contributed by atoms with Gasteiger partial charge in [0.05, 0.1) is 16.9 Å². The third kappa shape index (κ3) is 3.30. The SMILES string of the molecule is CCC(Nc1cc(C)nc(C)c1C#N)C1CCCCC1. The number of anilines is 1. The van der Waals surface area contributed by atoms with Crippen LogP contribution in [-0.2, 0) is 0 Å².